The lowest BCUT2D eigenvalue weighted by Gasteiger charge is -2.35. The maximum atomic E-state index is 12.9. The molecule has 1 fully saturated rings. The highest BCUT2D eigenvalue weighted by Gasteiger charge is 2.26. The Morgan fingerprint density at radius 3 is 2.25 bits per heavy atom. The number of benzene rings is 1. The molecule has 0 spiro atoms. The number of halogens is 1. The van der Waals surface area contributed by atoms with Gasteiger partial charge in [0.05, 0.1) is 5.75 Å². The fourth-order valence-corrected chi connectivity index (χ4v) is 3.78. The third kappa shape index (κ3) is 3.68. The third-order valence-electron chi connectivity index (χ3n) is 3.43. The van der Waals surface area contributed by atoms with Crippen molar-refractivity contribution in [3.63, 3.8) is 0 Å². The van der Waals surface area contributed by atoms with Crippen LogP contribution >= 0.6 is 0 Å². The largest absolute Gasteiger partial charge is 0.369 e. The van der Waals surface area contributed by atoms with Crippen molar-refractivity contribution in [1.29, 1.82) is 0 Å². The summed E-state index contributed by atoms with van der Waals surface area (Å²) in [6, 6.07) is 6.27. The number of hydrogen-bond donors (Lipinski definition) is 1. The second kappa shape index (κ2) is 6.51. The molecule has 1 aromatic carbocycles. The number of sulfonamides is 1. The number of rotatable bonds is 5. The molecule has 5 nitrogen and oxygen atoms in total. The summed E-state index contributed by atoms with van der Waals surface area (Å²) < 4.78 is 38.5. The molecule has 1 heterocycles. The van der Waals surface area contributed by atoms with Gasteiger partial charge in [-0.3, -0.25) is 0 Å². The second-order valence-corrected chi connectivity index (χ2v) is 6.91. The van der Waals surface area contributed by atoms with E-state index in [9.17, 15) is 12.8 Å². The molecule has 20 heavy (non-hydrogen) atoms. The summed E-state index contributed by atoms with van der Waals surface area (Å²) in [6.07, 6.45) is 0.487. The molecule has 0 aromatic heterocycles. The quantitative estimate of drug-likeness (QED) is 0.866. The number of nitrogens with two attached hydrogens (primary N) is 1. The minimum atomic E-state index is -3.19. The Hall–Kier alpha value is -1.18. The van der Waals surface area contributed by atoms with Crippen molar-refractivity contribution in [2.24, 2.45) is 5.73 Å². The van der Waals surface area contributed by atoms with E-state index in [4.69, 9.17) is 5.73 Å². The first kappa shape index (κ1) is 15.2. The van der Waals surface area contributed by atoms with E-state index < -0.39 is 10.0 Å². The van der Waals surface area contributed by atoms with Crippen LogP contribution in [0, 0.1) is 5.82 Å². The molecule has 0 aliphatic carbocycles. The van der Waals surface area contributed by atoms with Crippen molar-refractivity contribution in [1.82, 2.24) is 4.31 Å². The van der Waals surface area contributed by atoms with E-state index in [0.717, 1.165) is 5.69 Å². The van der Waals surface area contributed by atoms with Gasteiger partial charge in [-0.25, -0.2) is 12.8 Å². The molecule has 1 aliphatic rings. The Bertz CT molecular complexity index is 525. The highest BCUT2D eigenvalue weighted by atomic mass is 32.2. The molecule has 0 atom stereocenters. The first-order valence-electron chi connectivity index (χ1n) is 6.71. The maximum absolute atomic E-state index is 12.9. The lowest BCUT2D eigenvalue weighted by Crippen LogP contribution is -2.49. The van der Waals surface area contributed by atoms with Gasteiger partial charge in [0, 0.05) is 31.9 Å². The van der Waals surface area contributed by atoms with Crippen molar-refractivity contribution in [2.75, 3.05) is 43.4 Å². The maximum Gasteiger partial charge on any atom is 0.214 e. The molecule has 1 saturated heterocycles. The molecule has 2 rings (SSSR count). The van der Waals surface area contributed by atoms with Crippen LogP contribution in [0.2, 0.25) is 0 Å². The summed E-state index contributed by atoms with van der Waals surface area (Å²) in [7, 11) is -3.19. The molecule has 2 N–H and O–H groups in total. The van der Waals surface area contributed by atoms with E-state index in [1.807, 2.05) is 0 Å². The predicted octanol–water partition coefficient (Wildman–Crippen LogP) is 0.626. The summed E-state index contributed by atoms with van der Waals surface area (Å²) in [5, 5.41) is 0. The lowest BCUT2D eigenvalue weighted by atomic mass is 10.2. The zero-order valence-corrected chi connectivity index (χ0v) is 12.2. The molecular formula is C13H20FN3O2S. The van der Waals surface area contributed by atoms with Crippen LogP contribution in [-0.2, 0) is 10.0 Å². The highest BCUT2D eigenvalue weighted by Crippen LogP contribution is 2.18. The third-order valence-corrected chi connectivity index (χ3v) is 5.39. The Morgan fingerprint density at radius 2 is 1.70 bits per heavy atom. The highest BCUT2D eigenvalue weighted by molar-refractivity contribution is 7.89. The number of piperazine rings is 1. The number of hydrogen-bond acceptors (Lipinski definition) is 4. The average molecular weight is 301 g/mol. The van der Waals surface area contributed by atoms with Gasteiger partial charge in [0.1, 0.15) is 5.82 Å². The van der Waals surface area contributed by atoms with Gasteiger partial charge in [0.2, 0.25) is 10.0 Å². The van der Waals surface area contributed by atoms with Crippen LogP contribution in [0.1, 0.15) is 6.42 Å². The zero-order chi connectivity index (χ0) is 14.6. The van der Waals surface area contributed by atoms with Crippen LogP contribution in [-0.4, -0.2) is 51.2 Å². The van der Waals surface area contributed by atoms with Crippen molar-refractivity contribution in [3.05, 3.63) is 30.1 Å². The SMILES string of the molecule is NCCCS(=O)(=O)N1CCN(c2ccc(F)cc2)CC1. The van der Waals surface area contributed by atoms with Crippen LogP contribution in [0.4, 0.5) is 10.1 Å². The molecular weight excluding hydrogens is 281 g/mol. The Kier molecular flexibility index (Phi) is 4.95. The zero-order valence-electron chi connectivity index (χ0n) is 11.3. The van der Waals surface area contributed by atoms with Crippen LogP contribution in [0.5, 0.6) is 0 Å². The molecule has 0 amide bonds. The normalized spacial score (nSPS) is 17.4. The van der Waals surface area contributed by atoms with Crippen LogP contribution < -0.4 is 10.6 Å². The summed E-state index contributed by atoms with van der Waals surface area (Å²) in [4.78, 5) is 2.06. The predicted molar refractivity (Wildman–Crippen MR) is 77.6 cm³/mol. The standard InChI is InChI=1S/C13H20FN3O2S/c14-12-2-4-13(5-3-12)16-7-9-17(10-8-16)20(18,19)11-1-6-15/h2-5H,1,6-11,15H2. The van der Waals surface area contributed by atoms with Crippen molar-refractivity contribution >= 4 is 15.7 Å². The van der Waals surface area contributed by atoms with E-state index in [0.29, 0.717) is 39.1 Å². The van der Waals surface area contributed by atoms with Crippen LogP contribution in [0.25, 0.3) is 0 Å². The van der Waals surface area contributed by atoms with Crippen molar-refractivity contribution < 1.29 is 12.8 Å². The van der Waals surface area contributed by atoms with Gasteiger partial charge >= 0.3 is 0 Å². The van der Waals surface area contributed by atoms with E-state index in [1.165, 1.54) is 16.4 Å². The smallest absolute Gasteiger partial charge is 0.214 e. The van der Waals surface area contributed by atoms with Gasteiger partial charge in [0.25, 0.3) is 0 Å². The van der Waals surface area contributed by atoms with Gasteiger partial charge in [-0.05, 0) is 37.2 Å². The van der Waals surface area contributed by atoms with E-state index >= 15 is 0 Å². The Labute approximate surface area is 119 Å². The van der Waals surface area contributed by atoms with E-state index in [1.54, 1.807) is 12.1 Å². The minimum Gasteiger partial charge on any atom is -0.369 e. The molecule has 0 bridgehead atoms. The summed E-state index contributed by atoms with van der Waals surface area (Å²) in [6.45, 7) is 2.55. The van der Waals surface area contributed by atoms with E-state index in [-0.39, 0.29) is 11.6 Å². The molecule has 112 valence electrons. The molecule has 0 unspecified atom stereocenters. The fourth-order valence-electron chi connectivity index (χ4n) is 2.27. The minimum absolute atomic E-state index is 0.111. The first-order valence-corrected chi connectivity index (χ1v) is 8.32. The molecule has 7 heteroatoms. The molecule has 1 aromatic rings. The molecule has 0 saturated carbocycles. The van der Waals surface area contributed by atoms with Gasteiger partial charge in [-0.15, -0.1) is 0 Å². The topological polar surface area (TPSA) is 66.6 Å². The second-order valence-electron chi connectivity index (χ2n) is 4.82. The van der Waals surface area contributed by atoms with Gasteiger partial charge in [-0.2, -0.15) is 4.31 Å². The Balaban J connectivity index is 1.93. The summed E-state index contributed by atoms with van der Waals surface area (Å²) >= 11 is 0. The van der Waals surface area contributed by atoms with Crippen LogP contribution in [0.3, 0.4) is 0 Å². The molecule has 1 aliphatic heterocycles. The number of nitrogens with zero attached hydrogens (tertiary/aromatic N) is 2. The van der Waals surface area contributed by atoms with Gasteiger partial charge in [0.15, 0.2) is 0 Å². The van der Waals surface area contributed by atoms with Crippen molar-refractivity contribution in [3.8, 4) is 0 Å². The Morgan fingerprint density at radius 1 is 1.10 bits per heavy atom. The molecule has 0 radical (unpaired) electrons. The van der Waals surface area contributed by atoms with Gasteiger partial charge < -0.3 is 10.6 Å². The first-order chi connectivity index (χ1) is 9.53. The van der Waals surface area contributed by atoms with Gasteiger partial charge in [-0.1, -0.05) is 0 Å². The summed E-state index contributed by atoms with van der Waals surface area (Å²) in [5.74, 6) is -0.156. The fraction of sp³-hybridized carbons (Fsp3) is 0.538. The van der Waals surface area contributed by atoms with Crippen molar-refractivity contribution in [2.45, 2.75) is 6.42 Å². The van der Waals surface area contributed by atoms with E-state index in [2.05, 4.69) is 4.90 Å². The average Bonchev–Trinajstić information content (AvgIpc) is 2.46. The monoisotopic (exact) mass is 301 g/mol. The number of anilines is 1. The van der Waals surface area contributed by atoms with Crippen LogP contribution in [0.15, 0.2) is 24.3 Å². The lowest BCUT2D eigenvalue weighted by molar-refractivity contribution is 0.384. The summed E-state index contributed by atoms with van der Waals surface area (Å²) in [5.41, 5.74) is 6.28.